The van der Waals surface area contributed by atoms with Gasteiger partial charge in [-0.15, -0.1) is 0 Å². The van der Waals surface area contributed by atoms with Crippen molar-refractivity contribution < 1.29 is 28.3 Å². The first-order chi connectivity index (χ1) is 14.2. The number of para-hydroxylation sites is 1. The molecule has 2 aromatic rings. The number of likely N-dealkylation sites (N-methyl/N-ethyl adjacent to an activating group) is 1. The average Bonchev–Trinajstić information content (AvgIpc) is 2.68. The molecule has 0 spiro atoms. The summed E-state index contributed by atoms with van der Waals surface area (Å²) in [5.41, 5.74) is 2.38. The zero-order chi connectivity index (χ0) is 22.1. The molecular weight excluding hydrogens is 384 g/mol. The van der Waals surface area contributed by atoms with Crippen LogP contribution >= 0.6 is 0 Å². The monoisotopic (exact) mass is 413 g/mol. The molecule has 2 rings (SSSR count). The van der Waals surface area contributed by atoms with Crippen LogP contribution in [0.1, 0.15) is 28.4 Å². The van der Waals surface area contributed by atoms with Crippen LogP contribution in [0, 0.1) is 6.92 Å². The summed E-state index contributed by atoms with van der Waals surface area (Å²) in [6.07, 6.45) is 0. The largest absolute Gasteiger partial charge is 0.462 e. The number of hydrogen-bond acceptors (Lipinski definition) is 5. The Morgan fingerprint density at radius 2 is 1.63 bits per heavy atom. The third kappa shape index (κ3) is 7.00. The van der Waals surface area contributed by atoms with E-state index in [0.29, 0.717) is 11.3 Å². The van der Waals surface area contributed by atoms with Gasteiger partial charge >= 0.3 is 11.9 Å². The molecule has 7 heteroatoms. The first-order valence-corrected chi connectivity index (χ1v) is 9.80. The quantitative estimate of drug-likeness (QED) is 0.505. The number of quaternary nitrogens is 1. The van der Waals surface area contributed by atoms with Crippen LogP contribution in [0.4, 0.5) is 5.69 Å². The maximum absolute atomic E-state index is 12.6. The van der Waals surface area contributed by atoms with Crippen molar-refractivity contribution >= 4 is 23.5 Å². The fourth-order valence-corrected chi connectivity index (χ4v) is 2.97. The van der Waals surface area contributed by atoms with E-state index >= 15 is 0 Å². The number of rotatable bonds is 9. The number of anilines is 1. The molecule has 0 saturated carbocycles. The molecule has 7 nitrogen and oxygen atoms in total. The van der Waals surface area contributed by atoms with E-state index in [1.54, 1.807) is 46.1 Å². The van der Waals surface area contributed by atoms with Crippen molar-refractivity contribution in [2.75, 3.05) is 39.1 Å². The summed E-state index contributed by atoms with van der Waals surface area (Å²) >= 11 is 0. The Morgan fingerprint density at radius 1 is 0.933 bits per heavy atom. The van der Waals surface area contributed by atoms with Gasteiger partial charge in [0.2, 0.25) is 0 Å². The summed E-state index contributed by atoms with van der Waals surface area (Å²) in [5.74, 6) is -1.19. The number of carbonyl (C=O) groups excluding carboxylic acids is 3. The van der Waals surface area contributed by atoms with Crippen molar-refractivity contribution in [3.8, 4) is 0 Å². The second-order valence-electron chi connectivity index (χ2n) is 7.66. The van der Waals surface area contributed by atoms with Gasteiger partial charge in [0.15, 0.2) is 13.1 Å². The highest BCUT2D eigenvalue weighted by atomic mass is 16.5. The lowest BCUT2D eigenvalue weighted by Gasteiger charge is -2.28. The molecule has 0 heterocycles. The predicted molar refractivity (Wildman–Crippen MR) is 114 cm³/mol. The molecule has 0 aliphatic heterocycles. The van der Waals surface area contributed by atoms with E-state index < -0.39 is 5.97 Å². The van der Waals surface area contributed by atoms with Gasteiger partial charge in [0.1, 0.15) is 6.61 Å². The van der Waals surface area contributed by atoms with Crippen molar-refractivity contribution in [1.29, 1.82) is 0 Å². The molecular formula is C23H29N2O5+. The molecule has 0 aliphatic carbocycles. The highest BCUT2D eigenvalue weighted by molar-refractivity contribution is 6.02. The Labute approximate surface area is 177 Å². The minimum atomic E-state index is -0.491. The van der Waals surface area contributed by atoms with E-state index in [-0.39, 0.29) is 42.7 Å². The SMILES string of the molecule is CCOC(=O)c1cccc(C)c1NC(=O)C[N+](C)(C)CC(=O)OCc1ccccc1. The number of nitrogens with one attached hydrogen (secondary N) is 1. The summed E-state index contributed by atoms with van der Waals surface area (Å²) in [5, 5.41) is 2.80. The lowest BCUT2D eigenvalue weighted by molar-refractivity contribution is -0.874. The van der Waals surface area contributed by atoms with E-state index in [4.69, 9.17) is 9.47 Å². The molecule has 0 aliphatic rings. The van der Waals surface area contributed by atoms with Crippen molar-refractivity contribution in [3.63, 3.8) is 0 Å². The van der Waals surface area contributed by atoms with Crippen LogP contribution in [0.2, 0.25) is 0 Å². The summed E-state index contributed by atoms with van der Waals surface area (Å²) in [6, 6.07) is 14.6. The number of aryl methyl sites for hydroxylation is 1. The number of hydrogen-bond donors (Lipinski definition) is 1. The van der Waals surface area contributed by atoms with Crippen LogP contribution in [-0.4, -0.2) is 56.1 Å². The molecule has 0 unspecified atom stereocenters. The Bertz CT molecular complexity index is 894. The first kappa shape index (κ1) is 23.1. The van der Waals surface area contributed by atoms with Crippen molar-refractivity contribution in [2.45, 2.75) is 20.5 Å². The van der Waals surface area contributed by atoms with E-state index in [1.165, 1.54) is 0 Å². The van der Waals surface area contributed by atoms with Crippen molar-refractivity contribution in [3.05, 3.63) is 65.2 Å². The summed E-state index contributed by atoms with van der Waals surface area (Å²) in [6.45, 7) is 4.05. The molecule has 0 aromatic heterocycles. The molecule has 0 atom stereocenters. The van der Waals surface area contributed by atoms with Gasteiger partial charge in [-0.3, -0.25) is 4.79 Å². The van der Waals surface area contributed by atoms with Gasteiger partial charge in [0, 0.05) is 0 Å². The number of carbonyl (C=O) groups is 3. The minimum absolute atomic E-state index is 0.0387. The maximum Gasteiger partial charge on any atom is 0.362 e. The smallest absolute Gasteiger partial charge is 0.362 e. The van der Waals surface area contributed by atoms with E-state index in [9.17, 15) is 14.4 Å². The second kappa shape index (κ2) is 10.5. The molecule has 0 bridgehead atoms. The molecule has 0 fully saturated rings. The van der Waals surface area contributed by atoms with Gasteiger partial charge in [0.05, 0.1) is 32.0 Å². The van der Waals surface area contributed by atoms with Crippen molar-refractivity contribution in [1.82, 2.24) is 0 Å². The maximum atomic E-state index is 12.6. The van der Waals surface area contributed by atoms with Crippen LogP contribution in [0.3, 0.4) is 0 Å². The molecule has 30 heavy (non-hydrogen) atoms. The first-order valence-electron chi connectivity index (χ1n) is 9.80. The highest BCUT2D eigenvalue weighted by Gasteiger charge is 2.26. The van der Waals surface area contributed by atoms with Gasteiger partial charge < -0.3 is 19.3 Å². The zero-order valence-corrected chi connectivity index (χ0v) is 17.9. The fraction of sp³-hybridized carbons (Fsp3) is 0.348. The lowest BCUT2D eigenvalue weighted by Crippen LogP contribution is -2.49. The topological polar surface area (TPSA) is 81.7 Å². The van der Waals surface area contributed by atoms with Gasteiger partial charge in [-0.05, 0) is 31.0 Å². The lowest BCUT2D eigenvalue weighted by atomic mass is 10.1. The molecule has 160 valence electrons. The number of nitrogens with zero attached hydrogens (tertiary/aromatic N) is 1. The Balaban J connectivity index is 1.96. The fourth-order valence-electron chi connectivity index (χ4n) is 2.97. The Morgan fingerprint density at radius 3 is 2.30 bits per heavy atom. The second-order valence-corrected chi connectivity index (χ2v) is 7.66. The Hall–Kier alpha value is -3.19. The van der Waals surface area contributed by atoms with E-state index in [0.717, 1.165) is 11.1 Å². The molecule has 0 saturated heterocycles. The van der Waals surface area contributed by atoms with Crippen LogP contribution in [0.25, 0.3) is 0 Å². The molecule has 2 aromatic carbocycles. The van der Waals surface area contributed by atoms with E-state index in [1.807, 2.05) is 30.3 Å². The normalized spacial score (nSPS) is 10.9. The Kier molecular flexibility index (Phi) is 8.12. The third-order valence-electron chi connectivity index (χ3n) is 4.40. The van der Waals surface area contributed by atoms with Gasteiger partial charge in [-0.25, -0.2) is 9.59 Å². The number of ether oxygens (including phenoxy) is 2. The van der Waals surface area contributed by atoms with E-state index in [2.05, 4.69) is 5.32 Å². The number of esters is 2. The molecule has 1 N–H and O–H groups in total. The van der Waals surface area contributed by atoms with Crippen molar-refractivity contribution in [2.24, 2.45) is 0 Å². The third-order valence-corrected chi connectivity index (χ3v) is 4.40. The summed E-state index contributed by atoms with van der Waals surface area (Å²) in [4.78, 5) is 37.0. The predicted octanol–water partition coefficient (Wildman–Crippen LogP) is 2.93. The molecule has 1 amide bonds. The van der Waals surface area contributed by atoms with Gasteiger partial charge in [-0.2, -0.15) is 0 Å². The van der Waals surface area contributed by atoms with Gasteiger partial charge in [0.25, 0.3) is 5.91 Å². The number of benzene rings is 2. The van der Waals surface area contributed by atoms with Crippen LogP contribution in [-0.2, 0) is 25.7 Å². The van der Waals surface area contributed by atoms with Crippen LogP contribution in [0.5, 0.6) is 0 Å². The summed E-state index contributed by atoms with van der Waals surface area (Å²) < 4.78 is 10.5. The highest BCUT2D eigenvalue weighted by Crippen LogP contribution is 2.21. The van der Waals surface area contributed by atoms with Crippen LogP contribution < -0.4 is 5.32 Å². The minimum Gasteiger partial charge on any atom is -0.462 e. The van der Waals surface area contributed by atoms with Gasteiger partial charge in [-0.1, -0.05) is 42.5 Å². The zero-order valence-electron chi connectivity index (χ0n) is 17.9. The molecule has 0 radical (unpaired) electrons. The summed E-state index contributed by atoms with van der Waals surface area (Å²) in [7, 11) is 3.54. The number of amides is 1. The standard InChI is InChI=1S/C23H28N2O5/c1-5-29-23(28)19-13-9-10-17(2)22(19)24-20(26)14-25(3,4)15-21(27)30-16-18-11-7-6-8-12-18/h6-13H,5,14-16H2,1-4H3/p+1. The average molecular weight is 413 g/mol. The van der Waals surface area contributed by atoms with Crippen LogP contribution in [0.15, 0.2) is 48.5 Å².